The van der Waals surface area contributed by atoms with Crippen LogP contribution >= 0.6 is 11.3 Å². The summed E-state index contributed by atoms with van der Waals surface area (Å²) in [6, 6.07) is 1.90. The molecule has 13 heavy (non-hydrogen) atoms. The SMILES string of the molecule is O=C(O)CCCCOc1ccsc1. The molecule has 0 fully saturated rings. The summed E-state index contributed by atoms with van der Waals surface area (Å²) in [7, 11) is 0. The summed E-state index contributed by atoms with van der Waals surface area (Å²) >= 11 is 1.59. The number of rotatable bonds is 6. The van der Waals surface area contributed by atoms with Gasteiger partial charge in [0, 0.05) is 11.8 Å². The average Bonchev–Trinajstić information content (AvgIpc) is 2.55. The van der Waals surface area contributed by atoms with Crippen molar-refractivity contribution in [2.24, 2.45) is 0 Å². The highest BCUT2D eigenvalue weighted by molar-refractivity contribution is 7.08. The molecule has 0 spiro atoms. The summed E-state index contributed by atoms with van der Waals surface area (Å²) in [5, 5.41) is 12.2. The molecule has 0 bridgehead atoms. The van der Waals surface area contributed by atoms with Gasteiger partial charge in [-0.3, -0.25) is 4.79 Å². The zero-order valence-corrected chi connectivity index (χ0v) is 8.05. The van der Waals surface area contributed by atoms with Crippen LogP contribution in [-0.2, 0) is 4.79 Å². The Morgan fingerprint density at radius 1 is 1.54 bits per heavy atom. The van der Waals surface area contributed by atoms with E-state index in [0.29, 0.717) is 13.0 Å². The molecule has 0 aromatic carbocycles. The van der Waals surface area contributed by atoms with Crippen molar-refractivity contribution in [2.45, 2.75) is 19.3 Å². The topological polar surface area (TPSA) is 46.5 Å². The Morgan fingerprint density at radius 3 is 3.00 bits per heavy atom. The first-order chi connectivity index (χ1) is 6.29. The molecule has 0 radical (unpaired) electrons. The van der Waals surface area contributed by atoms with Crippen LogP contribution in [0.4, 0.5) is 0 Å². The highest BCUT2D eigenvalue weighted by Gasteiger charge is 1.97. The fourth-order valence-corrected chi connectivity index (χ4v) is 1.47. The highest BCUT2D eigenvalue weighted by atomic mass is 32.1. The van der Waals surface area contributed by atoms with Gasteiger partial charge < -0.3 is 9.84 Å². The van der Waals surface area contributed by atoms with Crippen LogP contribution < -0.4 is 4.74 Å². The number of carbonyl (C=O) groups is 1. The van der Waals surface area contributed by atoms with Gasteiger partial charge in [-0.05, 0) is 24.3 Å². The molecule has 0 saturated heterocycles. The minimum atomic E-state index is -0.740. The Labute approximate surface area is 81.0 Å². The first-order valence-electron chi connectivity index (χ1n) is 4.16. The fourth-order valence-electron chi connectivity index (χ4n) is 0.902. The third-order valence-corrected chi connectivity index (χ3v) is 2.21. The van der Waals surface area contributed by atoms with Gasteiger partial charge in [-0.15, -0.1) is 11.3 Å². The van der Waals surface area contributed by atoms with Crippen LogP contribution in [0, 0.1) is 0 Å². The van der Waals surface area contributed by atoms with Crippen molar-refractivity contribution >= 4 is 17.3 Å². The number of ether oxygens (including phenoxy) is 1. The zero-order valence-electron chi connectivity index (χ0n) is 7.23. The van der Waals surface area contributed by atoms with E-state index in [1.165, 1.54) is 0 Å². The number of carboxylic acid groups (broad SMARTS) is 1. The van der Waals surface area contributed by atoms with E-state index in [9.17, 15) is 4.79 Å². The number of thiophene rings is 1. The smallest absolute Gasteiger partial charge is 0.303 e. The largest absolute Gasteiger partial charge is 0.493 e. The molecule has 0 unspecified atom stereocenters. The standard InChI is InChI=1S/C9H12O3S/c10-9(11)3-1-2-5-12-8-4-6-13-7-8/h4,6-7H,1-3,5H2,(H,10,11). The Morgan fingerprint density at radius 2 is 2.38 bits per heavy atom. The first kappa shape index (κ1) is 10.1. The third kappa shape index (κ3) is 4.52. The second-order valence-electron chi connectivity index (χ2n) is 2.66. The van der Waals surface area contributed by atoms with Crippen molar-refractivity contribution in [2.75, 3.05) is 6.61 Å². The van der Waals surface area contributed by atoms with Gasteiger partial charge in [0.25, 0.3) is 0 Å². The van der Waals surface area contributed by atoms with E-state index < -0.39 is 5.97 Å². The molecule has 0 aliphatic heterocycles. The van der Waals surface area contributed by atoms with Crippen LogP contribution in [0.2, 0.25) is 0 Å². The van der Waals surface area contributed by atoms with Gasteiger partial charge in [0.2, 0.25) is 0 Å². The van der Waals surface area contributed by atoms with E-state index in [4.69, 9.17) is 9.84 Å². The van der Waals surface area contributed by atoms with Gasteiger partial charge in [0.15, 0.2) is 0 Å². The van der Waals surface area contributed by atoms with Crippen LogP contribution in [0.1, 0.15) is 19.3 Å². The van der Waals surface area contributed by atoms with Crippen LogP contribution in [0.25, 0.3) is 0 Å². The normalized spacial score (nSPS) is 9.85. The molecule has 0 aliphatic carbocycles. The predicted octanol–water partition coefficient (Wildman–Crippen LogP) is 2.38. The molecular formula is C9H12O3S. The van der Waals surface area contributed by atoms with Gasteiger partial charge in [0.1, 0.15) is 5.75 Å². The first-order valence-corrected chi connectivity index (χ1v) is 5.10. The second-order valence-corrected chi connectivity index (χ2v) is 3.44. The number of hydrogen-bond acceptors (Lipinski definition) is 3. The van der Waals surface area contributed by atoms with Gasteiger partial charge in [-0.25, -0.2) is 0 Å². The molecule has 0 atom stereocenters. The van der Waals surface area contributed by atoms with E-state index in [0.717, 1.165) is 12.2 Å². The van der Waals surface area contributed by atoms with Gasteiger partial charge in [-0.1, -0.05) is 0 Å². The van der Waals surface area contributed by atoms with E-state index in [1.807, 2.05) is 16.8 Å². The molecule has 1 heterocycles. The second kappa shape index (κ2) is 5.59. The van der Waals surface area contributed by atoms with E-state index >= 15 is 0 Å². The predicted molar refractivity (Wildman–Crippen MR) is 51.3 cm³/mol. The molecular weight excluding hydrogens is 188 g/mol. The van der Waals surface area contributed by atoms with Crippen molar-refractivity contribution < 1.29 is 14.6 Å². The molecule has 1 N–H and O–H groups in total. The fraction of sp³-hybridized carbons (Fsp3) is 0.444. The van der Waals surface area contributed by atoms with Crippen molar-refractivity contribution in [1.29, 1.82) is 0 Å². The summed E-state index contributed by atoms with van der Waals surface area (Å²) < 4.78 is 5.35. The van der Waals surface area contributed by atoms with E-state index in [-0.39, 0.29) is 6.42 Å². The lowest BCUT2D eigenvalue weighted by molar-refractivity contribution is -0.137. The molecule has 3 nitrogen and oxygen atoms in total. The Balaban J connectivity index is 1.99. The van der Waals surface area contributed by atoms with E-state index in [2.05, 4.69) is 0 Å². The molecule has 0 amide bonds. The maximum absolute atomic E-state index is 10.2. The van der Waals surface area contributed by atoms with Crippen molar-refractivity contribution in [3.05, 3.63) is 16.8 Å². The molecule has 1 aromatic heterocycles. The van der Waals surface area contributed by atoms with Crippen molar-refractivity contribution in [3.63, 3.8) is 0 Å². The highest BCUT2D eigenvalue weighted by Crippen LogP contribution is 2.14. The van der Waals surface area contributed by atoms with Gasteiger partial charge in [0.05, 0.1) is 6.61 Å². The Kier molecular flexibility index (Phi) is 4.32. The molecule has 4 heteroatoms. The Bertz CT molecular complexity index is 243. The van der Waals surface area contributed by atoms with Crippen LogP contribution in [0.3, 0.4) is 0 Å². The number of carboxylic acids is 1. The number of unbranched alkanes of at least 4 members (excludes halogenated alkanes) is 1. The van der Waals surface area contributed by atoms with Crippen LogP contribution in [-0.4, -0.2) is 17.7 Å². The summed E-state index contributed by atoms with van der Waals surface area (Å²) in [5.41, 5.74) is 0. The zero-order chi connectivity index (χ0) is 9.52. The quantitative estimate of drug-likeness (QED) is 0.717. The average molecular weight is 200 g/mol. The maximum Gasteiger partial charge on any atom is 0.303 e. The summed E-state index contributed by atoms with van der Waals surface area (Å²) in [5.74, 6) is 0.135. The minimum absolute atomic E-state index is 0.229. The minimum Gasteiger partial charge on any atom is -0.493 e. The maximum atomic E-state index is 10.2. The summed E-state index contributed by atoms with van der Waals surface area (Å²) in [6.07, 6.45) is 1.70. The van der Waals surface area contributed by atoms with Gasteiger partial charge in [-0.2, -0.15) is 0 Å². The lowest BCUT2D eigenvalue weighted by Gasteiger charge is -2.01. The number of hydrogen-bond donors (Lipinski definition) is 1. The van der Waals surface area contributed by atoms with E-state index in [1.54, 1.807) is 11.3 Å². The number of aliphatic carboxylic acids is 1. The molecule has 72 valence electrons. The molecule has 0 aliphatic rings. The monoisotopic (exact) mass is 200 g/mol. The third-order valence-electron chi connectivity index (χ3n) is 1.55. The van der Waals surface area contributed by atoms with Gasteiger partial charge >= 0.3 is 5.97 Å². The Hall–Kier alpha value is -1.03. The summed E-state index contributed by atoms with van der Waals surface area (Å²) in [6.45, 7) is 0.601. The lowest BCUT2D eigenvalue weighted by atomic mass is 10.2. The molecule has 1 aromatic rings. The van der Waals surface area contributed by atoms with Crippen molar-refractivity contribution in [1.82, 2.24) is 0 Å². The lowest BCUT2D eigenvalue weighted by Crippen LogP contribution is -1.99. The van der Waals surface area contributed by atoms with Crippen molar-refractivity contribution in [3.8, 4) is 5.75 Å². The molecule has 1 rings (SSSR count). The molecule has 0 saturated carbocycles. The summed E-state index contributed by atoms with van der Waals surface area (Å²) in [4.78, 5) is 10.2. The van der Waals surface area contributed by atoms with Crippen LogP contribution in [0.5, 0.6) is 5.75 Å². The van der Waals surface area contributed by atoms with Crippen LogP contribution in [0.15, 0.2) is 16.8 Å².